The lowest BCUT2D eigenvalue weighted by Gasteiger charge is -2.15. The van der Waals surface area contributed by atoms with E-state index in [9.17, 15) is 13.2 Å². The second-order valence-electron chi connectivity index (χ2n) is 7.32. The van der Waals surface area contributed by atoms with Crippen LogP contribution in [0.2, 0.25) is 0 Å². The number of rotatable bonds is 10. The molecule has 0 saturated heterocycles. The van der Waals surface area contributed by atoms with E-state index in [0.29, 0.717) is 23.7 Å². The zero-order valence-electron chi connectivity index (χ0n) is 18.2. The minimum absolute atomic E-state index is 0.0590. The van der Waals surface area contributed by atoms with Crippen molar-refractivity contribution in [1.82, 2.24) is 9.97 Å². The van der Waals surface area contributed by atoms with Gasteiger partial charge in [0.25, 0.3) is 0 Å². The summed E-state index contributed by atoms with van der Waals surface area (Å²) in [5.41, 5.74) is 1.33. The number of halogens is 3. The van der Waals surface area contributed by atoms with Crippen molar-refractivity contribution < 1.29 is 17.9 Å². The molecule has 8 heteroatoms. The molecule has 0 unspecified atom stereocenters. The van der Waals surface area contributed by atoms with Gasteiger partial charge >= 0.3 is 6.18 Å². The highest BCUT2D eigenvalue weighted by Crippen LogP contribution is 2.35. The molecule has 2 N–H and O–H groups in total. The van der Waals surface area contributed by atoms with Gasteiger partial charge in [0.05, 0.1) is 6.61 Å². The molecule has 3 rings (SSSR count). The van der Waals surface area contributed by atoms with Gasteiger partial charge in [0.15, 0.2) is 0 Å². The molecule has 1 heterocycles. The van der Waals surface area contributed by atoms with Gasteiger partial charge in [-0.05, 0) is 61.7 Å². The standard InChI is InChI=1S/C24H27F3N4O/c1-3-5-6-8-17-9-7-10-19(15-17)29-22-21(24(25,26)27)16-28-23(31-22)30-18-11-13-20(14-12-18)32-4-2/h7,9-16H,3-6,8H2,1-2H3,(H2,28,29,30,31). The second-order valence-corrected chi connectivity index (χ2v) is 7.32. The number of alkyl halides is 3. The Labute approximate surface area is 186 Å². The molecule has 2 aromatic carbocycles. The average Bonchev–Trinajstić information content (AvgIpc) is 2.75. The summed E-state index contributed by atoms with van der Waals surface area (Å²) in [7, 11) is 0. The van der Waals surface area contributed by atoms with Crippen LogP contribution in [0.15, 0.2) is 54.7 Å². The molecule has 0 aliphatic rings. The number of aryl methyl sites for hydroxylation is 1. The molecule has 0 saturated carbocycles. The summed E-state index contributed by atoms with van der Waals surface area (Å²) in [4.78, 5) is 7.96. The van der Waals surface area contributed by atoms with E-state index in [-0.39, 0.29) is 11.8 Å². The monoisotopic (exact) mass is 444 g/mol. The van der Waals surface area contributed by atoms with Gasteiger partial charge in [-0.25, -0.2) is 4.98 Å². The van der Waals surface area contributed by atoms with Crippen LogP contribution in [0.3, 0.4) is 0 Å². The van der Waals surface area contributed by atoms with Crippen molar-refractivity contribution in [2.24, 2.45) is 0 Å². The van der Waals surface area contributed by atoms with Crippen molar-refractivity contribution in [3.63, 3.8) is 0 Å². The van der Waals surface area contributed by atoms with Gasteiger partial charge in [0.1, 0.15) is 17.1 Å². The SMILES string of the molecule is CCCCCc1cccc(Nc2nc(Nc3ccc(OCC)cc3)ncc2C(F)(F)F)c1. The zero-order chi connectivity index (χ0) is 23.0. The maximum atomic E-state index is 13.6. The molecular formula is C24H27F3N4O. The molecule has 0 fully saturated rings. The number of aromatic nitrogens is 2. The molecule has 0 bridgehead atoms. The van der Waals surface area contributed by atoms with Crippen LogP contribution in [0.1, 0.15) is 44.2 Å². The Morgan fingerprint density at radius 1 is 0.938 bits per heavy atom. The number of hydrogen-bond acceptors (Lipinski definition) is 5. The van der Waals surface area contributed by atoms with Crippen molar-refractivity contribution >= 4 is 23.1 Å². The fourth-order valence-electron chi connectivity index (χ4n) is 3.20. The van der Waals surface area contributed by atoms with Crippen LogP contribution < -0.4 is 15.4 Å². The molecule has 5 nitrogen and oxygen atoms in total. The van der Waals surface area contributed by atoms with Crippen LogP contribution in [0.4, 0.5) is 36.3 Å². The van der Waals surface area contributed by atoms with E-state index < -0.39 is 11.7 Å². The van der Waals surface area contributed by atoms with E-state index in [2.05, 4.69) is 27.5 Å². The van der Waals surface area contributed by atoms with Crippen LogP contribution in [0, 0.1) is 0 Å². The van der Waals surface area contributed by atoms with Crippen molar-refractivity contribution in [3.05, 3.63) is 65.9 Å². The largest absolute Gasteiger partial charge is 0.494 e. The molecule has 32 heavy (non-hydrogen) atoms. The normalized spacial score (nSPS) is 11.3. The average molecular weight is 445 g/mol. The smallest absolute Gasteiger partial charge is 0.421 e. The van der Waals surface area contributed by atoms with Gasteiger partial charge in [-0.1, -0.05) is 31.9 Å². The van der Waals surface area contributed by atoms with Gasteiger partial charge < -0.3 is 15.4 Å². The number of nitrogens with one attached hydrogen (secondary N) is 2. The topological polar surface area (TPSA) is 59.1 Å². The molecular weight excluding hydrogens is 417 g/mol. The van der Waals surface area contributed by atoms with Crippen LogP contribution in [0.5, 0.6) is 5.75 Å². The predicted octanol–water partition coefficient (Wildman–Crippen LogP) is 7.11. The Morgan fingerprint density at radius 2 is 1.72 bits per heavy atom. The molecule has 0 spiro atoms. The van der Waals surface area contributed by atoms with Gasteiger partial charge in [-0.2, -0.15) is 18.2 Å². The van der Waals surface area contributed by atoms with E-state index in [4.69, 9.17) is 4.74 Å². The second kappa shape index (κ2) is 10.8. The maximum absolute atomic E-state index is 13.6. The lowest BCUT2D eigenvalue weighted by molar-refractivity contribution is -0.137. The molecule has 3 aromatic rings. The Kier molecular flexibility index (Phi) is 7.92. The van der Waals surface area contributed by atoms with Gasteiger partial charge in [0.2, 0.25) is 5.95 Å². The van der Waals surface area contributed by atoms with Gasteiger partial charge in [0, 0.05) is 17.6 Å². The molecule has 170 valence electrons. The van der Waals surface area contributed by atoms with E-state index in [1.54, 1.807) is 30.3 Å². The summed E-state index contributed by atoms with van der Waals surface area (Å²) in [5, 5.41) is 5.77. The predicted molar refractivity (Wildman–Crippen MR) is 121 cm³/mol. The van der Waals surface area contributed by atoms with Crippen molar-refractivity contribution in [1.29, 1.82) is 0 Å². The Balaban J connectivity index is 1.82. The van der Waals surface area contributed by atoms with E-state index in [1.165, 1.54) is 0 Å². The summed E-state index contributed by atoms with van der Waals surface area (Å²) in [6.45, 7) is 4.56. The van der Waals surface area contributed by atoms with Crippen molar-refractivity contribution in [2.75, 3.05) is 17.2 Å². The number of nitrogens with zero attached hydrogens (tertiary/aromatic N) is 2. The Hall–Kier alpha value is -3.29. The maximum Gasteiger partial charge on any atom is 0.421 e. The highest BCUT2D eigenvalue weighted by molar-refractivity contribution is 5.63. The third kappa shape index (κ3) is 6.60. The summed E-state index contributed by atoms with van der Waals surface area (Å²) >= 11 is 0. The Morgan fingerprint density at radius 3 is 2.41 bits per heavy atom. The lowest BCUT2D eigenvalue weighted by atomic mass is 10.1. The molecule has 0 aliphatic heterocycles. The fourth-order valence-corrected chi connectivity index (χ4v) is 3.20. The molecule has 1 aromatic heterocycles. The summed E-state index contributed by atoms with van der Waals surface area (Å²) in [6, 6.07) is 14.4. The third-order valence-corrected chi connectivity index (χ3v) is 4.77. The molecule has 0 amide bonds. The van der Waals surface area contributed by atoms with Gasteiger partial charge in [-0.3, -0.25) is 0 Å². The third-order valence-electron chi connectivity index (χ3n) is 4.77. The van der Waals surface area contributed by atoms with Crippen molar-refractivity contribution in [2.45, 2.75) is 45.7 Å². The highest BCUT2D eigenvalue weighted by atomic mass is 19.4. The first-order valence-electron chi connectivity index (χ1n) is 10.7. The molecule has 0 atom stereocenters. The first-order valence-corrected chi connectivity index (χ1v) is 10.7. The minimum Gasteiger partial charge on any atom is -0.494 e. The molecule has 0 radical (unpaired) electrons. The van der Waals surface area contributed by atoms with Crippen LogP contribution in [-0.2, 0) is 12.6 Å². The van der Waals surface area contributed by atoms with Crippen LogP contribution in [-0.4, -0.2) is 16.6 Å². The summed E-state index contributed by atoms with van der Waals surface area (Å²) < 4.78 is 46.1. The first-order chi connectivity index (χ1) is 15.4. The summed E-state index contributed by atoms with van der Waals surface area (Å²) in [5.74, 6) is 0.461. The fraction of sp³-hybridized carbons (Fsp3) is 0.333. The number of unbranched alkanes of at least 4 members (excludes halogenated alkanes) is 2. The summed E-state index contributed by atoms with van der Waals surface area (Å²) in [6.07, 6.45) is 0.345. The first kappa shape index (κ1) is 23.4. The lowest BCUT2D eigenvalue weighted by Crippen LogP contribution is -2.12. The number of ether oxygens (including phenoxy) is 1. The zero-order valence-corrected chi connectivity index (χ0v) is 18.2. The number of benzene rings is 2. The highest BCUT2D eigenvalue weighted by Gasteiger charge is 2.35. The molecule has 0 aliphatic carbocycles. The van der Waals surface area contributed by atoms with Crippen LogP contribution in [0.25, 0.3) is 0 Å². The number of anilines is 4. The van der Waals surface area contributed by atoms with Crippen molar-refractivity contribution in [3.8, 4) is 5.75 Å². The minimum atomic E-state index is -4.58. The number of hydrogen-bond donors (Lipinski definition) is 2. The van der Waals surface area contributed by atoms with E-state index in [1.807, 2.05) is 25.1 Å². The van der Waals surface area contributed by atoms with Gasteiger partial charge in [-0.15, -0.1) is 0 Å². The van der Waals surface area contributed by atoms with Crippen LogP contribution >= 0.6 is 0 Å². The Bertz CT molecular complexity index is 1010. The van der Waals surface area contributed by atoms with E-state index in [0.717, 1.165) is 37.4 Å². The van der Waals surface area contributed by atoms with E-state index >= 15 is 0 Å². The quantitative estimate of drug-likeness (QED) is 0.326.